The molecule has 0 aromatic carbocycles. The molecular formula is C8H15NO2. The summed E-state index contributed by atoms with van der Waals surface area (Å²) in [5.74, 6) is 0.0730. The first-order valence-electron chi connectivity index (χ1n) is 3.70. The Bertz CT molecular complexity index is 152. The maximum absolute atomic E-state index is 10.7. The highest BCUT2D eigenvalue weighted by molar-refractivity contribution is 5.91. The smallest absolute Gasteiger partial charge is 0.269 e. The fourth-order valence-electron chi connectivity index (χ4n) is 0.655. The number of carbonyl (C=O) groups excluding carboxylic acids is 1. The lowest BCUT2D eigenvalue weighted by atomic mass is 10.0. The lowest BCUT2D eigenvalue weighted by Gasteiger charge is -2.04. The highest BCUT2D eigenvalue weighted by Crippen LogP contribution is 2.09. The monoisotopic (exact) mass is 157 g/mol. The van der Waals surface area contributed by atoms with Gasteiger partial charge in [0.25, 0.3) is 5.91 Å². The molecule has 0 spiro atoms. The molecule has 0 unspecified atom stereocenters. The SMILES string of the molecule is C=C(CCC(C)C)C(=O)NO. The zero-order chi connectivity index (χ0) is 8.85. The number of amides is 1. The van der Waals surface area contributed by atoms with Gasteiger partial charge >= 0.3 is 0 Å². The van der Waals surface area contributed by atoms with Crippen LogP contribution in [-0.4, -0.2) is 11.1 Å². The molecule has 0 fully saturated rings. The summed E-state index contributed by atoms with van der Waals surface area (Å²) < 4.78 is 0. The van der Waals surface area contributed by atoms with E-state index in [-0.39, 0.29) is 0 Å². The van der Waals surface area contributed by atoms with Crippen molar-refractivity contribution in [2.45, 2.75) is 26.7 Å². The van der Waals surface area contributed by atoms with Gasteiger partial charge in [-0.2, -0.15) is 0 Å². The third-order valence-corrected chi connectivity index (χ3v) is 1.45. The average Bonchev–Trinajstić information content (AvgIpc) is 1.98. The standard InChI is InChI=1S/C8H15NO2/c1-6(2)4-5-7(3)8(10)9-11/h6,11H,3-5H2,1-2H3,(H,9,10). The maximum atomic E-state index is 10.7. The van der Waals surface area contributed by atoms with Crippen LogP contribution >= 0.6 is 0 Å². The Hall–Kier alpha value is -0.830. The van der Waals surface area contributed by atoms with E-state index in [0.29, 0.717) is 17.9 Å². The zero-order valence-corrected chi connectivity index (χ0v) is 7.05. The molecule has 1 amide bonds. The predicted molar refractivity (Wildman–Crippen MR) is 43.1 cm³/mol. The first-order valence-corrected chi connectivity index (χ1v) is 3.70. The third-order valence-electron chi connectivity index (χ3n) is 1.45. The number of hydrogen-bond donors (Lipinski definition) is 2. The molecule has 0 aromatic rings. The number of hydroxylamine groups is 1. The lowest BCUT2D eigenvalue weighted by molar-refractivity contribution is -0.125. The van der Waals surface area contributed by atoms with Gasteiger partial charge in [0.2, 0.25) is 0 Å². The molecule has 3 heteroatoms. The Morgan fingerprint density at radius 1 is 1.64 bits per heavy atom. The second-order valence-electron chi connectivity index (χ2n) is 2.98. The Morgan fingerprint density at radius 2 is 2.18 bits per heavy atom. The Kier molecular flexibility index (Phi) is 4.54. The van der Waals surface area contributed by atoms with Crippen molar-refractivity contribution >= 4 is 5.91 Å². The summed E-state index contributed by atoms with van der Waals surface area (Å²) in [4.78, 5) is 10.7. The van der Waals surface area contributed by atoms with Crippen molar-refractivity contribution in [1.82, 2.24) is 5.48 Å². The van der Waals surface area contributed by atoms with Crippen LogP contribution in [0.25, 0.3) is 0 Å². The molecule has 0 bridgehead atoms. The van der Waals surface area contributed by atoms with Crippen LogP contribution in [0.15, 0.2) is 12.2 Å². The van der Waals surface area contributed by atoms with Crippen LogP contribution in [0, 0.1) is 5.92 Å². The highest BCUT2D eigenvalue weighted by Gasteiger charge is 2.05. The van der Waals surface area contributed by atoms with Crippen LogP contribution in [-0.2, 0) is 4.79 Å². The Morgan fingerprint density at radius 3 is 2.55 bits per heavy atom. The molecule has 0 heterocycles. The summed E-state index contributed by atoms with van der Waals surface area (Å²) in [6.07, 6.45) is 1.57. The van der Waals surface area contributed by atoms with Gasteiger partial charge < -0.3 is 0 Å². The van der Waals surface area contributed by atoms with Crippen molar-refractivity contribution < 1.29 is 10.0 Å². The predicted octanol–water partition coefficient (Wildman–Crippen LogP) is 1.48. The van der Waals surface area contributed by atoms with Crippen molar-refractivity contribution in [1.29, 1.82) is 0 Å². The number of hydrogen-bond acceptors (Lipinski definition) is 2. The minimum atomic E-state index is -0.481. The van der Waals surface area contributed by atoms with E-state index in [4.69, 9.17) is 5.21 Å². The second-order valence-corrected chi connectivity index (χ2v) is 2.98. The van der Waals surface area contributed by atoms with Crippen LogP contribution in [0.1, 0.15) is 26.7 Å². The fraction of sp³-hybridized carbons (Fsp3) is 0.625. The number of carbonyl (C=O) groups is 1. The Balaban J connectivity index is 3.61. The third kappa shape index (κ3) is 4.56. The van der Waals surface area contributed by atoms with Gasteiger partial charge in [-0.15, -0.1) is 0 Å². The zero-order valence-electron chi connectivity index (χ0n) is 7.05. The molecule has 0 saturated carbocycles. The van der Waals surface area contributed by atoms with Gasteiger partial charge in [0.15, 0.2) is 0 Å². The minimum absolute atomic E-state index is 0.432. The van der Waals surface area contributed by atoms with Crippen molar-refractivity contribution in [3.63, 3.8) is 0 Å². The molecule has 11 heavy (non-hydrogen) atoms. The van der Waals surface area contributed by atoms with Gasteiger partial charge in [-0.05, 0) is 18.8 Å². The van der Waals surface area contributed by atoms with Crippen LogP contribution in [0.3, 0.4) is 0 Å². The van der Waals surface area contributed by atoms with Crippen molar-refractivity contribution in [3.8, 4) is 0 Å². The average molecular weight is 157 g/mol. The quantitative estimate of drug-likeness (QED) is 0.369. The molecule has 0 aliphatic carbocycles. The maximum Gasteiger partial charge on any atom is 0.269 e. The van der Waals surface area contributed by atoms with Crippen LogP contribution in [0.2, 0.25) is 0 Å². The first-order chi connectivity index (χ1) is 5.07. The van der Waals surface area contributed by atoms with Gasteiger partial charge in [0, 0.05) is 5.57 Å². The van der Waals surface area contributed by atoms with Gasteiger partial charge in [-0.1, -0.05) is 20.4 Å². The van der Waals surface area contributed by atoms with E-state index < -0.39 is 5.91 Å². The molecule has 2 N–H and O–H groups in total. The van der Waals surface area contributed by atoms with E-state index in [2.05, 4.69) is 20.4 Å². The first kappa shape index (κ1) is 10.2. The molecule has 64 valence electrons. The summed E-state index contributed by atoms with van der Waals surface area (Å²) >= 11 is 0. The molecule has 0 atom stereocenters. The Labute approximate surface area is 67.1 Å². The van der Waals surface area contributed by atoms with Crippen molar-refractivity contribution in [3.05, 3.63) is 12.2 Å². The summed E-state index contributed by atoms with van der Waals surface area (Å²) in [6, 6.07) is 0. The van der Waals surface area contributed by atoms with Crippen LogP contribution in [0.5, 0.6) is 0 Å². The molecule has 0 aliphatic rings. The summed E-state index contributed by atoms with van der Waals surface area (Å²) in [5.41, 5.74) is 1.98. The normalized spacial score (nSPS) is 9.82. The molecule has 3 nitrogen and oxygen atoms in total. The molecule has 0 saturated heterocycles. The molecule has 0 radical (unpaired) electrons. The largest absolute Gasteiger partial charge is 0.288 e. The van der Waals surface area contributed by atoms with E-state index in [1.165, 1.54) is 0 Å². The topological polar surface area (TPSA) is 49.3 Å². The summed E-state index contributed by atoms with van der Waals surface area (Å²) in [6.45, 7) is 7.67. The highest BCUT2D eigenvalue weighted by atomic mass is 16.5. The van der Waals surface area contributed by atoms with Gasteiger partial charge in [-0.3, -0.25) is 10.0 Å². The number of rotatable bonds is 4. The second kappa shape index (κ2) is 4.91. The summed E-state index contributed by atoms with van der Waals surface area (Å²) in [5, 5.41) is 8.21. The molecule has 0 aliphatic heterocycles. The van der Waals surface area contributed by atoms with E-state index in [0.717, 1.165) is 6.42 Å². The number of nitrogens with one attached hydrogen (secondary N) is 1. The van der Waals surface area contributed by atoms with Gasteiger partial charge in [0.05, 0.1) is 0 Å². The van der Waals surface area contributed by atoms with E-state index in [1.807, 2.05) is 0 Å². The summed E-state index contributed by atoms with van der Waals surface area (Å²) in [7, 11) is 0. The van der Waals surface area contributed by atoms with Crippen LogP contribution in [0.4, 0.5) is 0 Å². The van der Waals surface area contributed by atoms with E-state index >= 15 is 0 Å². The van der Waals surface area contributed by atoms with Crippen molar-refractivity contribution in [2.24, 2.45) is 5.92 Å². The van der Waals surface area contributed by atoms with Crippen molar-refractivity contribution in [2.75, 3.05) is 0 Å². The van der Waals surface area contributed by atoms with Crippen LogP contribution < -0.4 is 5.48 Å². The molecule has 0 aromatic heterocycles. The van der Waals surface area contributed by atoms with Gasteiger partial charge in [-0.25, -0.2) is 5.48 Å². The van der Waals surface area contributed by atoms with E-state index in [9.17, 15) is 4.79 Å². The molecular weight excluding hydrogens is 142 g/mol. The minimum Gasteiger partial charge on any atom is -0.288 e. The fourth-order valence-corrected chi connectivity index (χ4v) is 0.655. The molecule has 0 rings (SSSR count). The van der Waals surface area contributed by atoms with E-state index in [1.54, 1.807) is 5.48 Å². The van der Waals surface area contributed by atoms with Gasteiger partial charge in [0.1, 0.15) is 0 Å². The lowest BCUT2D eigenvalue weighted by Crippen LogP contribution is -2.20.